The Morgan fingerprint density at radius 2 is 1.12 bits per heavy atom. The van der Waals surface area contributed by atoms with Crippen LogP contribution in [-0.4, -0.2) is 45.2 Å². The zero-order valence-corrected chi connectivity index (χ0v) is 20.1. The fraction of sp³-hybridized carbons (Fsp3) is 0.500. The number of hydrogen-bond donors (Lipinski definition) is 2. The van der Waals surface area contributed by atoms with Crippen molar-refractivity contribution >= 4 is 11.8 Å². The lowest BCUT2D eigenvalue weighted by Crippen LogP contribution is -2.26. The molecule has 2 N–H and O–H groups in total. The summed E-state index contributed by atoms with van der Waals surface area (Å²) in [6, 6.07) is 6.57. The number of nitrogens with zero attached hydrogens (tertiary/aromatic N) is 4. The van der Waals surface area contributed by atoms with Gasteiger partial charge in [0, 0.05) is 48.9 Å². The highest BCUT2D eigenvalue weighted by molar-refractivity contribution is 5.97. The standard InChI is InChI=1S/C24H32N6O4/c1-15(2)21-27-19(33-29-21)7-5-13-25-23(31)17-9-11-18(12-10-17)24(32)26-14-6-8-20-28-22(16(3)4)30-34-20/h9-12,15-16H,5-8,13-14H2,1-4H3,(H,25,31)(H,26,32). The molecule has 0 aliphatic heterocycles. The highest BCUT2D eigenvalue weighted by atomic mass is 16.5. The van der Waals surface area contributed by atoms with Gasteiger partial charge in [-0.05, 0) is 37.1 Å². The second kappa shape index (κ2) is 12.1. The second-order valence-corrected chi connectivity index (χ2v) is 8.70. The van der Waals surface area contributed by atoms with E-state index in [4.69, 9.17) is 9.05 Å². The van der Waals surface area contributed by atoms with Crippen LogP contribution in [0.2, 0.25) is 0 Å². The van der Waals surface area contributed by atoms with Crippen molar-refractivity contribution in [1.29, 1.82) is 0 Å². The topological polar surface area (TPSA) is 136 Å². The van der Waals surface area contributed by atoms with Gasteiger partial charge in [-0.15, -0.1) is 0 Å². The summed E-state index contributed by atoms with van der Waals surface area (Å²) in [6.07, 6.45) is 2.58. The van der Waals surface area contributed by atoms with Crippen molar-refractivity contribution in [2.75, 3.05) is 13.1 Å². The van der Waals surface area contributed by atoms with Gasteiger partial charge < -0.3 is 19.7 Å². The van der Waals surface area contributed by atoms with Gasteiger partial charge in [0.25, 0.3) is 11.8 Å². The lowest BCUT2D eigenvalue weighted by molar-refractivity contribution is 0.0941. The van der Waals surface area contributed by atoms with Crippen molar-refractivity contribution in [2.24, 2.45) is 0 Å². The average molecular weight is 469 g/mol. The molecule has 182 valence electrons. The first-order chi connectivity index (χ1) is 16.3. The van der Waals surface area contributed by atoms with Gasteiger partial charge in [0.1, 0.15) is 0 Å². The highest BCUT2D eigenvalue weighted by Gasteiger charge is 2.12. The molecule has 0 fully saturated rings. The van der Waals surface area contributed by atoms with Crippen molar-refractivity contribution in [3.63, 3.8) is 0 Å². The van der Waals surface area contributed by atoms with E-state index >= 15 is 0 Å². The van der Waals surface area contributed by atoms with Crippen molar-refractivity contribution in [3.05, 3.63) is 58.8 Å². The van der Waals surface area contributed by atoms with Crippen LogP contribution in [-0.2, 0) is 12.8 Å². The Morgan fingerprint density at radius 1 is 0.735 bits per heavy atom. The van der Waals surface area contributed by atoms with Crippen LogP contribution in [0.5, 0.6) is 0 Å². The fourth-order valence-corrected chi connectivity index (χ4v) is 3.07. The summed E-state index contributed by atoms with van der Waals surface area (Å²) in [6.45, 7) is 8.99. The summed E-state index contributed by atoms with van der Waals surface area (Å²) in [5.74, 6) is 2.58. The SMILES string of the molecule is CC(C)c1noc(CCCNC(=O)c2ccc(C(=O)NCCCc3nc(C(C)C)no3)cc2)n1. The molecule has 34 heavy (non-hydrogen) atoms. The smallest absolute Gasteiger partial charge is 0.251 e. The van der Waals surface area contributed by atoms with E-state index < -0.39 is 0 Å². The minimum atomic E-state index is -0.194. The molecular weight excluding hydrogens is 436 g/mol. The van der Waals surface area contributed by atoms with Crippen molar-refractivity contribution < 1.29 is 18.6 Å². The molecule has 10 nitrogen and oxygen atoms in total. The van der Waals surface area contributed by atoms with Crippen LogP contribution >= 0.6 is 0 Å². The Labute approximate surface area is 198 Å². The predicted octanol–water partition coefficient (Wildman–Crippen LogP) is 3.42. The third-order valence-electron chi connectivity index (χ3n) is 5.12. The maximum absolute atomic E-state index is 12.3. The number of aromatic nitrogens is 4. The highest BCUT2D eigenvalue weighted by Crippen LogP contribution is 2.11. The molecule has 10 heteroatoms. The third kappa shape index (κ3) is 7.23. The number of carbonyl (C=O) groups excluding carboxylic acids is 2. The molecule has 0 bridgehead atoms. The molecule has 0 saturated carbocycles. The molecule has 0 aliphatic rings. The predicted molar refractivity (Wildman–Crippen MR) is 125 cm³/mol. The van der Waals surface area contributed by atoms with Gasteiger partial charge in [-0.1, -0.05) is 38.0 Å². The van der Waals surface area contributed by atoms with Gasteiger partial charge >= 0.3 is 0 Å². The van der Waals surface area contributed by atoms with Crippen LogP contribution < -0.4 is 10.6 Å². The zero-order chi connectivity index (χ0) is 24.5. The van der Waals surface area contributed by atoms with E-state index in [1.807, 2.05) is 27.7 Å². The summed E-state index contributed by atoms with van der Waals surface area (Å²) in [7, 11) is 0. The summed E-state index contributed by atoms with van der Waals surface area (Å²) in [5.41, 5.74) is 0.988. The summed E-state index contributed by atoms with van der Waals surface area (Å²) < 4.78 is 10.4. The van der Waals surface area contributed by atoms with Crippen LogP contribution in [0, 0.1) is 0 Å². The molecule has 3 rings (SSSR count). The van der Waals surface area contributed by atoms with Crippen LogP contribution in [0.1, 0.15) is 96.5 Å². The summed E-state index contributed by atoms with van der Waals surface area (Å²) in [4.78, 5) is 33.3. The minimum Gasteiger partial charge on any atom is -0.352 e. The van der Waals surface area contributed by atoms with Crippen LogP contribution in [0.25, 0.3) is 0 Å². The molecular formula is C24H32N6O4. The van der Waals surface area contributed by atoms with E-state index in [9.17, 15) is 9.59 Å². The Morgan fingerprint density at radius 3 is 1.44 bits per heavy atom. The molecule has 0 radical (unpaired) electrons. The largest absolute Gasteiger partial charge is 0.352 e. The first-order valence-corrected chi connectivity index (χ1v) is 11.6. The Kier molecular flexibility index (Phi) is 8.89. The number of hydrogen-bond acceptors (Lipinski definition) is 8. The van der Waals surface area contributed by atoms with Crippen molar-refractivity contribution in [3.8, 4) is 0 Å². The molecule has 0 aliphatic carbocycles. The van der Waals surface area contributed by atoms with Gasteiger partial charge in [-0.3, -0.25) is 9.59 Å². The van der Waals surface area contributed by atoms with Gasteiger partial charge in [-0.25, -0.2) is 0 Å². The number of carbonyl (C=O) groups is 2. The fourth-order valence-electron chi connectivity index (χ4n) is 3.07. The third-order valence-corrected chi connectivity index (χ3v) is 5.12. The van der Waals surface area contributed by atoms with E-state index in [0.717, 1.165) is 0 Å². The van der Waals surface area contributed by atoms with Crippen LogP contribution in [0.15, 0.2) is 33.3 Å². The van der Waals surface area contributed by atoms with Gasteiger partial charge in [0.05, 0.1) is 0 Å². The number of amides is 2. The molecule has 0 saturated heterocycles. The molecule has 0 unspecified atom stereocenters. The van der Waals surface area contributed by atoms with E-state index in [2.05, 4.69) is 30.9 Å². The molecule has 1 aromatic carbocycles. The lowest BCUT2D eigenvalue weighted by Gasteiger charge is -2.07. The second-order valence-electron chi connectivity index (χ2n) is 8.70. The lowest BCUT2D eigenvalue weighted by atomic mass is 10.1. The molecule has 2 heterocycles. The maximum Gasteiger partial charge on any atom is 0.251 e. The first-order valence-electron chi connectivity index (χ1n) is 11.6. The minimum absolute atomic E-state index is 0.194. The maximum atomic E-state index is 12.3. The number of aryl methyl sites for hydroxylation is 2. The Hall–Kier alpha value is -3.56. The normalized spacial score (nSPS) is 11.2. The van der Waals surface area contributed by atoms with Gasteiger partial charge in [-0.2, -0.15) is 9.97 Å². The molecule has 2 amide bonds. The number of nitrogens with one attached hydrogen (secondary N) is 2. The number of rotatable bonds is 12. The van der Waals surface area contributed by atoms with Gasteiger partial charge in [0.2, 0.25) is 11.8 Å². The summed E-state index contributed by atoms with van der Waals surface area (Å²) in [5, 5.41) is 13.6. The van der Waals surface area contributed by atoms with E-state index in [-0.39, 0.29) is 23.7 Å². The Bertz CT molecular complexity index is 986. The molecule has 3 aromatic rings. The van der Waals surface area contributed by atoms with Crippen molar-refractivity contribution in [1.82, 2.24) is 30.9 Å². The van der Waals surface area contributed by atoms with Gasteiger partial charge in [0.15, 0.2) is 11.6 Å². The van der Waals surface area contributed by atoms with Crippen molar-refractivity contribution in [2.45, 2.75) is 65.2 Å². The van der Waals surface area contributed by atoms with Crippen LogP contribution in [0.4, 0.5) is 0 Å². The summed E-state index contributed by atoms with van der Waals surface area (Å²) >= 11 is 0. The molecule has 0 spiro atoms. The zero-order valence-electron chi connectivity index (χ0n) is 20.1. The quantitative estimate of drug-likeness (QED) is 0.386. The van der Waals surface area contributed by atoms with E-state index in [1.54, 1.807) is 24.3 Å². The molecule has 2 aromatic heterocycles. The van der Waals surface area contributed by atoms with E-state index in [1.165, 1.54) is 0 Å². The van der Waals surface area contributed by atoms with E-state index in [0.29, 0.717) is 73.3 Å². The Balaban J connectivity index is 1.35. The average Bonchev–Trinajstić information content (AvgIpc) is 3.49. The monoisotopic (exact) mass is 468 g/mol. The number of benzene rings is 1. The van der Waals surface area contributed by atoms with Crippen LogP contribution in [0.3, 0.4) is 0 Å². The first kappa shape index (κ1) is 25.1. The molecule has 0 atom stereocenters.